The molecular formula is C18H21N5O3S. The number of carbonyl (C=O) groups is 2. The van der Waals surface area contributed by atoms with Crippen molar-refractivity contribution in [2.45, 2.75) is 25.0 Å². The average molecular weight is 387 g/mol. The van der Waals surface area contributed by atoms with Crippen LogP contribution in [0.4, 0.5) is 4.79 Å². The zero-order valence-corrected chi connectivity index (χ0v) is 16.2. The highest BCUT2D eigenvalue weighted by Crippen LogP contribution is 2.31. The van der Waals surface area contributed by atoms with Crippen LogP contribution in [0, 0.1) is 6.92 Å². The van der Waals surface area contributed by atoms with Crippen LogP contribution in [0.5, 0.6) is 0 Å². The highest BCUT2D eigenvalue weighted by molar-refractivity contribution is 7.99. The molecule has 0 bridgehead atoms. The summed E-state index contributed by atoms with van der Waals surface area (Å²) in [6.45, 7) is 3.95. The van der Waals surface area contributed by atoms with Crippen molar-refractivity contribution in [3.8, 4) is 0 Å². The maximum atomic E-state index is 12.7. The third kappa shape index (κ3) is 4.13. The van der Waals surface area contributed by atoms with E-state index in [2.05, 4.69) is 20.7 Å². The van der Waals surface area contributed by atoms with E-state index < -0.39 is 12.0 Å². The Morgan fingerprint density at radius 3 is 2.81 bits per heavy atom. The minimum Gasteiger partial charge on any atom is -0.463 e. The molecule has 0 radical (unpaired) electrons. The standard InChI is InChI=1S/C18H21N5O3S/c1-4-26-16(24)14-13(9-27-18-19-10-20-23(18)3)21-17(25)22-15(14)12-8-6-5-7-11(12)2/h5-8,10,15H,4,9H2,1-3H3,(H2,21,22,25)/t15-/m1/s1. The van der Waals surface area contributed by atoms with Crippen molar-refractivity contribution in [3.05, 3.63) is 53.0 Å². The molecule has 2 amide bonds. The van der Waals surface area contributed by atoms with Crippen molar-refractivity contribution >= 4 is 23.8 Å². The number of hydrogen-bond acceptors (Lipinski definition) is 6. The van der Waals surface area contributed by atoms with E-state index >= 15 is 0 Å². The van der Waals surface area contributed by atoms with Crippen LogP contribution in [0.15, 0.2) is 47.0 Å². The Morgan fingerprint density at radius 2 is 2.15 bits per heavy atom. The fourth-order valence-electron chi connectivity index (χ4n) is 2.88. The molecule has 0 unspecified atom stereocenters. The summed E-state index contributed by atoms with van der Waals surface area (Å²) < 4.78 is 6.90. The van der Waals surface area contributed by atoms with Gasteiger partial charge in [-0.1, -0.05) is 36.0 Å². The predicted molar refractivity (Wildman–Crippen MR) is 101 cm³/mol. The fourth-order valence-corrected chi connectivity index (χ4v) is 3.74. The van der Waals surface area contributed by atoms with Gasteiger partial charge in [-0.2, -0.15) is 5.10 Å². The Balaban J connectivity index is 2.00. The number of nitrogens with one attached hydrogen (secondary N) is 2. The van der Waals surface area contributed by atoms with Crippen LogP contribution >= 0.6 is 11.8 Å². The number of aryl methyl sites for hydroxylation is 2. The topological polar surface area (TPSA) is 98.1 Å². The molecule has 27 heavy (non-hydrogen) atoms. The molecule has 2 N–H and O–H groups in total. The second-order valence-electron chi connectivity index (χ2n) is 5.96. The van der Waals surface area contributed by atoms with Crippen molar-refractivity contribution in [1.82, 2.24) is 25.4 Å². The third-order valence-corrected chi connectivity index (χ3v) is 5.22. The fraction of sp³-hybridized carbons (Fsp3) is 0.333. The van der Waals surface area contributed by atoms with Crippen molar-refractivity contribution in [2.75, 3.05) is 12.4 Å². The molecule has 2 aromatic rings. The number of thioether (sulfide) groups is 1. The maximum absolute atomic E-state index is 12.7. The first kappa shape index (κ1) is 19.0. The molecule has 1 aliphatic heterocycles. The first-order valence-electron chi connectivity index (χ1n) is 8.51. The summed E-state index contributed by atoms with van der Waals surface area (Å²) in [5.41, 5.74) is 2.75. The Labute approximate surface area is 161 Å². The van der Waals surface area contributed by atoms with Gasteiger partial charge in [0.05, 0.1) is 18.2 Å². The van der Waals surface area contributed by atoms with Gasteiger partial charge in [0.15, 0.2) is 5.16 Å². The lowest BCUT2D eigenvalue weighted by molar-refractivity contribution is -0.139. The summed E-state index contributed by atoms with van der Waals surface area (Å²) in [6, 6.07) is 6.71. The van der Waals surface area contributed by atoms with Crippen LogP contribution < -0.4 is 10.6 Å². The first-order valence-corrected chi connectivity index (χ1v) is 9.49. The lowest BCUT2D eigenvalue weighted by Gasteiger charge is -2.30. The van der Waals surface area contributed by atoms with E-state index in [-0.39, 0.29) is 12.6 Å². The van der Waals surface area contributed by atoms with Crippen LogP contribution in [0.2, 0.25) is 0 Å². The summed E-state index contributed by atoms with van der Waals surface area (Å²) >= 11 is 1.38. The highest BCUT2D eigenvalue weighted by atomic mass is 32.2. The SMILES string of the molecule is CCOC(=O)C1=C(CSc2ncnn2C)NC(=O)N[C@@H]1c1ccccc1C. The van der Waals surface area contributed by atoms with Gasteiger partial charge < -0.3 is 15.4 Å². The van der Waals surface area contributed by atoms with Crippen LogP contribution in [0.1, 0.15) is 24.1 Å². The Morgan fingerprint density at radius 1 is 1.37 bits per heavy atom. The summed E-state index contributed by atoms with van der Waals surface area (Å²) in [6.07, 6.45) is 1.46. The zero-order valence-electron chi connectivity index (χ0n) is 15.4. The molecule has 2 heterocycles. The molecular weight excluding hydrogens is 366 g/mol. The van der Waals surface area contributed by atoms with Gasteiger partial charge in [0.25, 0.3) is 0 Å². The molecule has 142 valence electrons. The predicted octanol–water partition coefficient (Wildman–Crippen LogP) is 2.09. The summed E-state index contributed by atoms with van der Waals surface area (Å²) in [7, 11) is 1.78. The molecule has 1 aliphatic rings. The molecule has 0 saturated carbocycles. The van der Waals surface area contributed by atoms with E-state index in [4.69, 9.17) is 4.74 Å². The minimum absolute atomic E-state index is 0.250. The van der Waals surface area contributed by atoms with E-state index in [1.165, 1.54) is 18.1 Å². The Kier molecular flexibility index (Phi) is 5.80. The van der Waals surface area contributed by atoms with Gasteiger partial charge in [-0.25, -0.2) is 19.3 Å². The van der Waals surface area contributed by atoms with Crippen molar-refractivity contribution < 1.29 is 14.3 Å². The molecule has 1 atom stereocenters. The van der Waals surface area contributed by atoms with E-state index in [1.54, 1.807) is 18.7 Å². The number of rotatable bonds is 6. The van der Waals surface area contributed by atoms with Gasteiger partial charge in [0.2, 0.25) is 0 Å². The molecule has 1 aromatic carbocycles. The van der Waals surface area contributed by atoms with Crippen molar-refractivity contribution in [2.24, 2.45) is 7.05 Å². The Hall–Kier alpha value is -2.81. The number of nitrogens with zero attached hydrogens (tertiary/aromatic N) is 3. The monoisotopic (exact) mass is 387 g/mol. The number of hydrogen-bond donors (Lipinski definition) is 2. The zero-order chi connectivity index (χ0) is 19.4. The van der Waals surface area contributed by atoms with Crippen molar-refractivity contribution in [3.63, 3.8) is 0 Å². The van der Waals surface area contributed by atoms with Crippen LogP contribution in [-0.4, -0.2) is 39.1 Å². The molecule has 0 spiro atoms. The number of benzene rings is 1. The van der Waals surface area contributed by atoms with Gasteiger partial charge in [0, 0.05) is 18.5 Å². The normalized spacial score (nSPS) is 16.7. The van der Waals surface area contributed by atoms with Gasteiger partial charge in [-0.3, -0.25) is 0 Å². The number of urea groups is 1. The van der Waals surface area contributed by atoms with Gasteiger partial charge in [0.1, 0.15) is 6.33 Å². The van der Waals surface area contributed by atoms with Crippen LogP contribution in [-0.2, 0) is 16.6 Å². The quantitative estimate of drug-likeness (QED) is 0.582. The number of esters is 1. The lowest BCUT2D eigenvalue weighted by Crippen LogP contribution is -2.46. The van der Waals surface area contributed by atoms with Crippen LogP contribution in [0.25, 0.3) is 0 Å². The van der Waals surface area contributed by atoms with Crippen molar-refractivity contribution in [1.29, 1.82) is 0 Å². The number of carbonyl (C=O) groups excluding carboxylic acids is 2. The summed E-state index contributed by atoms with van der Waals surface area (Å²) in [4.78, 5) is 29.2. The summed E-state index contributed by atoms with van der Waals surface area (Å²) in [5, 5.41) is 10.3. The van der Waals surface area contributed by atoms with E-state index in [1.807, 2.05) is 31.2 Å². The van der Waals surface area contributed by atoms with E-state index in [0.29, 0.717) is 22.2 Å². The average Bonchev–Trinajstić information content (AvgIpc) is 3.05. The molecule has 0 fully saturated rings. The van der Waals surface area contributed by atoms with Crippen LogP contribution in [0.3, 0.4) is 0 Å². The van der Waals surface area contributed by atoms with Gasteiger partial charge in [-0.15, -0.1) is 0 Å². The minimum atomic E-state index is -0.575. The highest BCUT2D eigenvalue weighted by Gasteiger charge is 2.34. The smallest absolute Gasteiger partial charge is 0.338 e. The molecule has 9 heteroatoms. The van der Waals surface area contributed by atoms with Gasteiger partial charge in [-0.05, 0) is 25.0 Å². The number of ether oxygens (including phenoxy) is 1. The third-order valence-electron chi connectivity index (χ3n) is 4.16. The molecule has 0 aliphatic carbocycles. The molecule has 3 rings (SSSR count). The molecule has 1 aromatic heterocycles. The second kappa shape index (κ2) is 8.26. The van der Waals surface area contributed by atoms with E-state index in [0.717, 1.165) is 11.1 Å². The lowest BCUT2D eigenvalue weighted by atomic mass is 9.92. The maximum Gasteiger partial charge on any atom is 0.338 e. The second-order valence-corrected chi connectivity index (χ2v) is 6.90. The number of aromatic nitrogens is 3. The Bertz CT molecular complexity index is 893. The first-order chi connectivity index (χ1) is 13.0. The largest absolute Gasteiger partial charge is 0.463 e. The number of amides is 2. The molecule has 8 nitrogen and oxygen atoms in total. The summed E-state index contributed by atoms with van der Waals surface area (Å²) in [5.74, 6) is -0.0944. The van der Waals surface area contributed by atoms with Gasteiger partial charge >= 0.3 is 12.0 Å². The molecule has 0 saturated heterocycles. The van der Waals surface area contributed by atoms with E-state index in [9.17, 15) is 9.59 Å².